The molecule has 0 fully saturated rings. The minimum Gasteiger partial charge on any atom is -0.327 e. The Morgan fingerprint density at radius 2 is 1.81 bits per heavy atom. The van der Waals surface area contributed by atoms with E-state index < -0.39 is 10.4 Å². The Morgan fingerprint density at radius 1 is 1.38 bits per heavy atom. The maximum Gasteiger partial charge on any atom is 0.394 e. The molecule has 9 heteroatoms. The van der Waals surface area contributed by atoms with Gasteiger partial charge in [0.25, 0.3) is 0 Å². The number of hydrogen-bond donors (Lipinski definition) is 2. The van der Waals surface area contributed by atoms with E-state index in [9.17, 15) is 0 Å². The molecule has 0 bridgehead atoms. The molecule has 0 aromatic carbocycles. The molecule has 0 aliphatic heterocycles. The molecule has 16 heavy (non-hydrogen) atoms. The van der Waals surface area contributed by atoms with Gasteiger partial charge in [-0.25, -0.2) is 0 Å². The van der Waals surface area contributed by atoms with Crippen LogP contribution in [0.5, 0.6) is 0 Å². The van der Waals surface area contributed by atoms with Crippen LogP contribution in [0.25, 0.3) is 0 Å². The third-order valence-corrected chi connectivity index (χ3v) is 2.00. The molecule has 1 radical (unpaired) electrons. The Kier molecular flexibility index (Phi) is 9.09. The summed E-state index contributed by atoms with van der Waals surface area (Å²) in [6.45, 7) is 3.18. The zero-order valence-corrected chi connectivity index (χ0v) is 11.4. The van der Waals surface area contributed by atoms with E-state index in [1.165, 1.54) is 0 Å². The molecule has 1 rings (SSSR count). The smallest absolute Gasteiger partial charge is 0.327 e. The van der Waals surface area contributed by atoms with Crippen LogP contribution in [0, 0.1) is 4.77 Å². The van der Waals surface area contributed by atoms with Crippen LogP contribution in [0.4, 0.5) is 0 Å². The summed E-state index contributed by atoms with van der Waals surface area (Å²) < 4.78 is 36.5. The maximum atomic E-state index is 8.74. The molecule has 0 saturated heterocycles. The van der Waals surface area contributed by atoms with Crippen molar-refractivity contribution in [3.8, 4) is 0 Å². The fraction of sp³-hybridized carbons (Fsp3) is 0.571. The Balaban J connectivity index is 0. The Morgan fingerprint density at radius 3 is 2.06 bits per heavy atom. The molecule has 0 amide bonds. The van der Waals surface area contributed by atoms with Crippen molar-refractivity contribution in [1.82, 2.24) is 9.13 Å². The molecule has 2 N–H and O–H groups in total. The molecule has 0 unspecified atom stereocenters. The molecule has 99 valence electrons. The molecule has 0 spiro atoms. The average molecular weight is 318 g/mol. The predicted octanol–water partition coefficient (Wildman–Crippen LogP) is 1.31. The largest absolute Gasteiger partial charge is 0.394 e. The summed E-state index contributed by atoms with van der Waals surface area (Å²) >= 11 is 5.12. The minimum atomic E-state index is -4.67. The number of aryl methyl sites for hydroxylation is 2. The van der Waals surface area contributed by atoms with E-state index in [2.05, 4.69) is 11.5 Å². The van der Waals surface area contributed by atoms with Crippen molar-refractivity contribution < 1.29 is 34.6 Å². The van der Waals surface area contributed by atoms with Gasteiger partial charge in [-0.2, -0.15) is 8.42 Å². The third-order valence-electron chi connectivity index (χ3n) is 1.48. The van der Waals surface area contributed by atoms with Gasteiger partial charge < -0.3 is 9.13 Å². The molecule has 0 aliphatic carbocycles. The van der Waals surface area contributed by atoms with Crippen LogP contribution < -0.4 is 0 Å². The molecule has 6 nitrogen and oxygen atoms in total. The van der Waals surface area contributed by atoms with Crippen LogP contribution in [0.15, 0.2) is 12.4 Å². The van der Waals surface area contributed by atoms with E-state index in [0.29, 0.717) is 0 Å². The normalized spacial score (nSPS) is 10.0. The van der Waals surface area contributed by atoms with Crippen LogP contribution >= 0.6 is 12.2 Å². The van der Waals surface area contributed by atoms with Crippen LogP contribution in [0.3, 0.4) is 0 Å². The quantitative estimate of drug-likeness (QED) is 0.488. The SMILES string of the molecule is CCCn1ccn(C)c1=S.O=S(=O)(O)O.[Cu]. The van der Waals surface area contributed by atoms with E-state index in [1.807, 2.05) is 24.0 Å². The van der Waals surface area contributed by atoms with E-state index in [4.69, 9.17) is 29.7 Å². The van der Waals surface area contributed by atoms with Gasteiger partial charge in [-0.3, -0.25) is 9.11 Å². The molecule has 0 atom stereocenters. The summed E-state index contributed by atoms with van der Waals surface area (Å²) in [4.78, 5) is 0. The van der Waals surface area contributed by atoms with Gasteiger partial charge in [0.2, 0.25) is 0 Å². The van der Waals surface area contributed by atoms with Gasteiger partial charge in [-0.15, -0.1) is 0 Å². The van der Waals surface area contributed by atoms with Crippen molar-refractivity contribution in [2.45, 2.75) is 19.9 Å². The Bertz CT molecular complexity index is 443. The molecular weight excluding hydrogens is 304 g/mol. The van der Waals surface area contributed by atoms with Crippen molar-refractivity contribution in [2.24, 2.45) is 7.05 Å². The minimum absolute atomic E-state index is 0. The second-order valence-corrected chi connectivity index (χ2v) is 4.09. The first-order valence-electron chi connectivity index (χ1n) is 4.17. The fourth-order valence-corrected chi connectivity index (χ4v) is 1.13. The summed E-state index contributed by atoms with van der Waals surface area (Å²) in [6.07, 6.45) is 5.14. The number of imidazole rings is 1. The molecule has 0 aliphatic rings. The predicted molar refractivity (Wildman–Crippen MR) is 58.7 cm³/mol. The maximum absolute atomic E-state index is 8.74. The van der Waals surface area contributed by atoms with E-state index in [-0.39, 0.29) is 17.1 Å². The molecule has 1 heterocycles. The van der Waals surface area contributed by atoms with E-state index >= 15 is 0 Å². The molecule has 1 aromatic heterocycles. The van der Waals surface area contributed by atoms with Gasteiger partial charge >= 0.3 is 10.4 Å². The summed E-state index contributed by atoms with van der Waals surface area (Å²) in [5, 5.41) is 0. The van der Waals surface area contributed by atoms with Gasteiger partial charge in [-0.05, 0) is 18.6 Å². The molecular formula is C7H14CuN2O4S2. The number of aromatic nitrogens is 2. The fourth-order valence-electron chi connectivity index (χ4n) is 0.922. The first-order valence-corrected chi connectivity index (χ1v) is 5.98. The molecule has 1 aromatic rings. The Labute approximate surface area is 110 Å². The third kappa shape index (κ3) is 9.08. The van der Waals surface area contributed by atoms with Gasteiger partial charge in [-0.1, -0.05) is 6.92 Å². The first kappa shape index (κ1) is 18.2. The Hall–Kier alpha value is -0.181. The van der Waals surface area contributed by atoms with Crippen molar-refractivity contribution in [2.75, 3.05) is 0 Å². The van der Waals surface area contributed by atoms with Gasteiger partial charge in [0.1, 0.15) is 0 Å². The first-order chi connectivity index (χ1) is 6.75. The average Bonchev–Trinajstić information content (AvgIpc) is 2.34. The van der Waals surface area contributed by atoms with Crippen molar-refractivity contribution in [3.63, 3.8) is 0 Å². The second kappa shape index (κ2) is 7.99. The van der Waals surface area contributed by atoms with Gasteiger partial charge in [0, 0.05) is 43.1 Å². The number of hydrogen-bond acceptors (Lipinski definition) is 3. The van der Waals surface area contributed by atoms with Crippen LogP contribution in [0.2, 0.25) is 0 Å². The summed E-state index contributed by atoms with van der Waals surface area (Å²) in [5.74, 6) is 0. The zero-order valence-electron chi connectivity index (χ0n) is 8.79. The van der Waals surface area contributed by atoms with E-state index in [0.717, 1.165) is 17.7 Å². The standard InChI is InChI=1S/C7H12N2S.Cu.H2O4S/c1-3-4-9-6-5-8(2)7(9)10;;1-5(2,3)4/h5-6H,3-4H2,1-2H3;;(H2,1,2,3,4). The van der Waals surface area contributed by atoms with Gasteiger partial charge in [0.05, 0.1) is 0 Å². The van der Waals surface area contributed by atoms with Crippen molar-refractivity contribution in [3.05, 3.63) is 17.2 Å². The monoisotopic (exact) mass is 317 g/mol. The van der Waals surface area contributed by atoms with Crippen LogP contribution in [-0.2, 0) is 41.1 Å². The van der Waals surface area contributed by atoms with Crippen LogP contribution in [-0.4, -0.2) is 26.7 Å². The zero-order chi connectivity index (χ0) is 12.1. The topological polar surface area (TPSA) is 84.5 Å². The number of nitrogens with zero attached hydrogens (tertiary/aromatic N) is 2. The van der Waals surface area contributed by atoms with E-state index in [1.54, 1.807) is 0 Å². The second-order valence-electron chi connectivity index (χ2n) is 2.83. The van der Waals surface area contributed by atoms with Crippen LogP contribution in [0.1, 0.15) is 13.3 Å². The molecule has 0 saturated carbocycles. The van der Waals surface area contributed by atoms with Crippen molar-refractivity contribution >= 4 is 22.6 Å². The summed E-state index contributed by atoms with van der Waals surface area (Å²) in [7, 11) is -2.70. The van der Waals surface area contributed by atoms with Crippen molar-refractivity contribution in [1.29, 1.82) is 0 Å². The number of rotatable bonds is 2. The van der Waals surface area contributed by atoms with Gasteiger partial charge in [0.15, 0.2) is 4.77 Å². The summed E-state index contributed by atoms with van der Waals surface area (Å²) in [6, 6.07) is 0. The summed E-state index contributed by atoms with van der Waals surface area (Å²) in [5.41, 5.74) is 0.